The molecule has 2 aromatic rings. The Morgan fingerprint density at radius 2 is 1.14 bits per heavy atom. The molecular weight excluding hydrogens is 368 g/mol. The Hall–Kier alpha value is -2.84. The van der Waals surface area contributed by atoms with Crippen molar-refractivity contribution in [2.75, 3.05) is 27.4 Å². The highest BCUT2D eigenvalue weighted by Crippen LogP contribution is 2.53. The van der Waals surface area contributed by atoms with E-state index in [4.69, 9.17) is 18.9 Å². The molecule has 0 saturated carbocycles. The van der Waals surface area contributed by atoms with E-state index in [0.29, 0.717) is 30.3 Å². The molecule has 2 aliphatic heterocycles. The van der Waals surface area contributed by atoms with Crippen LogP contribution in [0.4, 0.5) is 0 Å². The Kier molecular flexibility index (Phi) is 4.60. The first-order valence-corrected chi connectivity index (χ1v) is 8.87. The Morgan fingerprint density at radius 1 is 0.714 bits per heavy atom. The molecule has 0 spiro atoms. The zero-order chi connectivity index (χ0) is 20.0. The summed E-state index contributed by atoms with van der Waals surface area (Å²) in [5.74, 6) is -0.797. The summed E-state index contributed by atoms with van der Waals surface area (Å²) in [6, 6.07) is 6.22. The molecule has 0 aliphatic carbocycles. The van der Waals surface area contributed by atoms with Crippen LogP contribution in [0.1, 0.15) is 23.3 Å². The number of benzene rings is 2. The smallest absolute Gasteiger partial charge is 0.200 e. The normalized spacial score (nSPS) is 26.2. The SMILES string of the molecule is COc1cc(C2OC[C@@H]3C(c4cc(O)c(O)c(O)c4)OC[C@H]23)cc(OC)c1O. The molecule has 0 radical (unpaired) electrons. The Bertz CT molecular complexity index is 848. The summed E-state index contributed by atoms with van der Waals surface area (Å²) < 4.78 is 22.4. The molecule has 8 heteroatoms. The lowest BCUT2D eigenvalue weighted by atomic mass is 9.84. The third kappa shape index (κ3) is 2.85. The van der Waals surface area contributed by atoms with Crippen molar-refractivity contribution in [3.63, 3.8) is 0 Å². The van der Waals surface area contributed by atoms with E-state index in [-0.39, 0.29) is 29.8 Å². The summed E-state index contributed by atoms with van der Waals surface area (Å²) in [5.41, 5.74) is 1.38. The van der Waals surface area contributed by atoms with Gasteiger partial charge in [0.1, 0.15) is 0 Å². The molecular formula is C20H22O8. The van der Waals surface area contributed by atoms with Crippen LogP contribution in [0.5, 0.6) is 34.5 Å². The van der Waals surface area contributed by atoms with Crippen LogP contribution in [0.15, 0.2) is 24.3 Å². The van der Waals surface area contributed by atoms with Gasteiger partial charge in [-0.3, -0.25) is 0 Å². The summed E-state index contributed by atoms with van der Waals surface area (Å²) in [4.78, 5) is 0. The fraction of sp³-hybridized carbons (Fsp3) is 0.400. The molecule has 2 aliphatic rings. The van der Waals surface area contributed by atoms with Crippen LogP contribution in [0.25, 0.3) is 0 Å². The van der Waals surface area contributed by atoms with Crippen LogP contribution in [-0.4, -0.2) is 47.9 Å². The van der Waals surface area contributed by atoms with Crippen molar-refractivity contribution in [3.8, 4) is 34.5 Å². The predicted octanol–water partition coefficient (Wildman–Crippen LogP) is 2.60. The number of hydrogen-bond donors (Lipinski definition) is 4. The maximum atomic E-state index is 10.1. The number of ether oxygens (including phenoxy) is 4. The molecule has 2 aromatic carbocycles. The van der Waals surface area contributed by atoms with Gasteiger partial charge in [0.15, 0.2) is 28.7 Å². The molecule has 4 atom stereocenters. The van der Waals surface area contributed by atoms with Crippen molar-refractivity contribution < 1.29 is 39.4 Å². The molecule has 2 unspecified atom stereocenters. The first-order valence-electron chi connectivity index (χ1n) is 8.87. The van der Waals surface area contributed by atoms with Gasteiger partial charge in [0, 0.05) is 11.8 Å². The van der Waals surface area contributed by atoms with Crippen molar-refractivity contribution in [2.24, 2.45) is 11.8 Å². The predicted molar refractivity (Wildman–Crippen MR) is 97.0 cm³/mol. The van der Waals surface area contributed by atoms with E-state index < -0.39 is 17.2 Å². The van der Waals surface area contributed by atoms with E-state index in [9.17, 15) is 20.4 Å². The molecule has 4 N–H and O–H groups in total. The summed E-state index contributed by atoms with van der Waals surface area (Å²) >= 11 is 0. The van der Waals surface area contributed by atoms with Gasteiger partial charge in [-0.05, 0) is 35.4 Å². The molecule has 0 amide bonds. The average Bonchev–Trinajstić information content (AvgIpc) is 3.28. The minimum Gasteiger partial charge on any atom is -0.504 e. The topological polar surface area (TPSA) is 118 Å². The summed E-state index contributed by atoms with van der Waals surface area (Å²) in [7, 11) is 2.93. The van der Waals surface area contributed by atoms with E-state index >= 15 is 0 Å². The molecule has 150 valence electrons. The third-order valence-electron chi connectivity index (χ3n) is 5.52. The van der Waals surface area contributed by atoms with Crippen LogP contribution in [0, 0.1) is 11.8 Å². The van der Waals surface area contributed by atoms with Crippen LogP contribution >= 0.6 is 0 Å². The largest absolute Gasteiger partial charge is 0.504 e. The minimum atomic E-state index is -0.554. The second kappa shape index (κ2) is 6.96. The number of phenols is 4. The van der Waals surface area contributed by atoms with Gasteiger partial charge in [0.25, 0.3) is 0 Å². The number of phenolic OH excluding ortho intramolecular Hbond substituents is 4. The van der Waals surface area contributed by atoms with Gasteiger partial charge in [0.05, 0.1) is 39.6 Å². The van der Waals surface area contributed by atoms with Crippen molar-refractivity contribution in [1.29, 1.82) is 0 Å². The Labute approximate surface area is 161 Å². The standard InChI is InChI=1S/C20H22O8/c1-25-15-5-10(6-16(26-2)18(15)24)20-12-8-27-19(11(12)7-28-20)9-3-13(21)17(23)14(22)4-9/h3-6,11-12,19-24H,7-8H2,1-2H3/t11-,12-,19?,20?/m0/s1. The van der Waals surface area contributed by atoms with Crippen molar-refractivity contribution in [1.82, 2.24) is 0 Å². The van der Waals surface area contributed by atoms with Gasteiger partial charge in [-0.15, -0.1) is 0 Å². The van der Waals surface area contributed by atoms with Crippen LogP contribution in [0.3, 0.4) is 0 Å². The van der Waals surface area contributed by atoms with Gasteiger partial charge in [-0.1, -0.05) is 0 Å². The van der Waals surface area contributed by atoms with E-state index in [0.717, 1.165) is 5.56 Å². The van der Waals surface area contributed by atoms with E-state index in [1.807, 2.05) is 0 Å². The fourth-order valence-electron chi connectivity index (χ4n) is 4.10. The number of aromatic hydroxyl groups is 4. The lowest BCUT2D eigenvalue weighted by Gasteiger charge is -2.19. The second-order valence-corrected chi connectivity index (χ2v) is 7.02. The second-order valence-electron chi connectivity index (χ2n) is 7.02. The lowest BCUT2D eigenvalue weighted by Crippen LogP contribution is -2.14. The maximum Gasteiger partial charge on any atom is 0.200 e. The molecule has 28 heavy (non-hydrogen) atoms. The summed E-state index contributed by atoms with van der Waals surface area (Å²) in [6.45, 7) is 0.849. The minimum absolute atomic E-state index is 0.000800. The maximum absolute atomic E-state index is 10.1. The number of methoxy groups -OCH3 is 2. The van der Waals surface area contributed by atoms with Crippen LogP contribution in [0.2, 0.25) is 0 Å². The van der Waals surface area contributed by atoms with Gasteiger partial charge in [0.2, 0.25) is 5.75 Å². The highest BCUT2D eigenvalue weighted by Gasteiger charge is 2.48. The van der Waals surface area contributed by atoms with Crippen LogP contribution in [-0.2, 0) is 9.47 Å². The number of fused-ring (bicyclic) bond motifs is 1. The Balaban J connectivity index is 1.63. The first-order chi connectivity index (χ1) is 13.4. The molecule has 2 saturated heterocycles. The summed E-state index contributed by atoms with van der Waals surface area (Å²) in [5, 5.41) is 39.3. The lowest BCUT2D eigenvalue weighted by molar-refractivity contribution is 0.0190. The molecule has 4 rings (SSSR count). The highest BCUT2D eigenvalue weighted by molar-refractivity contribution is 5.54. The highest BCUT2D eigenvalue weighted by atomic mass is 16.5. The van der Waals surface area contributed by atoms with Gasteiger partial charge in [-0.2, -0.15) is 0 Å². The van der Waals surface area contributed by atoms with E-state index in [2.05, 4.69) is 0 Å². The van der Waals surface area contributed by atoms with Gasteiger partial charge in [-0.25, -0.2) is 0 Å². The van der Waals surface area contributed by atoms with Crippen molar-refractivity contribution in [3.05, 3.63) is 35.4 Å². The molecule has 0 aromatic heterocycles. The zero-order valence-electron chi connectivity index (χ0n) is 15.5. The number of rotatable bonds is 4. The van der Waals surface area contributed by atoms with Gasteiger partial charge >= 0.3 is 0 Å². The first kappa shape index (κ1) is 18.5. The quantitative estimate of drug-likeness (QED) is 0.589. The summed E-state index contributed by atoms with van der Waals surface area (Å²) in [6.07, 6.45) is -0.661. The monoisotopic (exact) mass is 390 g/mol. The third-order valence-corrected chi connectivity index (χ3v) is 5.52. The zero-order valence-corrected chi connectivity index (χ0v) is 15.5. The Morgan fingerprint density at radius 3 is 1.57 bits per heavy atom. The van der Waals surface area contributed by atoms with Gasteiger partial charge < -0.3 is 39.4 Å². The molecule has 8 nitrogen and oxygen atoms in total. The van der Waals surface area contributed by atoms with Crippen molar-refractivity contribution in [2.45, 2.75) is 12.2 Å². The van der Waals surface area contributed by atoms with Crippen LogP contribution < -0.4 is 9.47 Å². The molecule has 0 bridgehead atoms. The number of hydrogen-bond acceptors (Lipinski definition) is 8. The van der Waals surface area contributed by atoms with E-state index in [1.54, 1.807) is 12.1 Å². The molecule has 2 fully saturated rings. The fourth-order valence-corrected chi connectivity index (χ4v) is 4.10. The average molecular weight is 390 g/mol. The van der Waals surface area contributed by atoms with Crippen molar-refractivity contribution >= 4 is 0 Å². The van der Waals surface area contributed by atoms with E-state index in [1.165, 1.54) is 26.4 Å². The molecule has 2 heterocycles.